The van der Waals surface area contributed by atoms with Crippen LogP contribution in [-0.2, 0) is 16.6 Å². The molecule has 0 unspecified atom stereocenters. The van der Waals surface area contributed by atoms with E-state index in [-0.39, 0.29) is 17.3 Å². The monoisotopic (exact) mass is 375 g/mol. The molecule has 3 rings (SSSR count). The van der Waals surface area contributed by atoms with Gasteiger partial charge in [0.05, 0.1) is 11.4 Å². The van der Waals surface area contributed by atoms with Crippen LogP contribution in [0.2, 0.25) is 0 Å². The molecule has 0 fully saturated rings. The minimum absolute atomic E-state index is 0.0415. The largest absolute Gasteiger partial charge is 0.338 e. The fourth-order valence-corrected chi connectivity index (χ4v) is 3.89. The van der Waals surface area contributed by atoms with Gasteiger partial charge in [0.1, 0.15) is 5.82 Å². The Bertz CT molecular complexity index is 1050. The first kappa shape index (κ1) is 18.2. The van der Waals surface area contributed by atoms with Crippen LogP contribution in [0, 0.1) is 19.7 Å². The van der Waals surface area contributed by atoms with Gasteiger partial charge in [-0.1, -0.05) is 28.9 Å². The minimum Gasteiger partial charge on any atom is -0.338 e. The summed E-state index contributed by atoms with van der Waals surface area (Å²) in [6, 6.07) is 11.2. The standard InChI is InChI=1S/C18H18FN3O3S/c1-12-5-4-6-14(9-12)18-20-17(25-21-18)11-22(3)26(23,24)16-8-7-15(19)10-13(16)2/h4-10H,11H2,1-3H3. The Hall–Kier alpha value is -2.58. The van der Waals surface area contributed by atoms with Crippen LogP contribution in [0.15, 0.2) is 51.9 Å². The number of hydrogen-bond donors (Lipinski definition) is 0. The lowest BCUT2D eigenvalue weighted by molar-refractivity contribution is 0.336. The molecule has 0 atom stereocenters. The van der Waals surface area contributed by atoms with E-state index in [4.69, 9.17) is 4.52 Å². The van der Waals surface area contributed by atoms with Crippen LogP contribution in [-0.4, -0.2) is 29.9 Å². The van der Waals surface area contributed by atoms with Gasteiger partial charge in [0, 0.05) is 12.6 Å². The highest BCUT2D eigenvalue weighted by Crippen LogP contribution is 2.22. The predicted molar refractivity (Wildman–Crippen MR) is 94.3 cm³/mol. The van der Waals surface area contributed by atoms with Gasteiger partial charge in [0.2, 0.25) is 21.7 Å². The molecule has 6 nitrogen and oxygen atoms in total. The van der Waals surface area contributed by atoms with Crippen LogP contribution in [0.3, 0.4) is 0 Å². The maximum Gasteiger partial charge on any atom is 0.243 e. The first-order valence-electron chi connectivity index (χ1n) is 7.89. The van der Waals surface area contributed by atoms with E-state index in [1.165, 1.54) is 19.2 Å². The van der Waals surface area contributed by atoms with Gasteiger partial charge in [0.25, 0.3) is 0 Å². The van der Waals surface area contributed by atoms with Crippen molar-refractivity contribution >= 4 is 10.0 Å². The molecule has 0 aliphatic carbocycles. The van der Waals surface area contributed by atoms with E-state index in [9.17, 15) is 12.8 Å². The molecule has 3 aromatic rings. The number of aromatic nitrogens is 2. The normalized spacial score (nSPS) is 11.9. The summed E-state index contributed by atoms with van der Waals surface area (Å²) >= 11 is 0. The number of sulfonamides is 1. The second-order valence-electron chi connectivity index (χ2n) is 6.05. The Balaban J connectivity index is 1.83. The highest BCUT2D eigenvalue weighted by Gasteiger charge is 2.25. The number of rotatable bonds is 5. The van der Waals surface area contributed by atoms with Gasteiger partial charge in [-0.25, -0.2) is 12.8 Å². The van der Waals surface area contributed by atoms with Gasteiger partial charge >= 0.3 is 0 Å². The average molecular weight is 375 g/mol. The zero-order valence-electron chi connectivity index (χ0n) is 14.6. The van der Waals surface area contributed by atoms with Crippen molar-refractivity contribution in [2.45, 2.75) is 25.3 Å². The third kappa shape index (κ3) is 3.66. The molecular weight excluding hydrogens is 357 g/mol. The first-order chi connectivity index (χ1) is 12.3. The van der Waals surface area contributed by atoms with Crippen LogP contribution in [0.4, 0.5) is 4.39 Å². The lowest BCUT2D eigenvalue weighted by atomic mass is 10.1. The number of aryl methyl sites for hydroxylation is 2. The zero-order valence-corrected chi connectivity index (χ0v) is 15.4. The Morgan fingerprint density at radius 3 is 2.62 bits per heavy atom. The van der Waals surface area contributed by atoms with Crippen LogP contribution in [0.25, 0.3) is 11.4 Å². The lowest BCUT2D eigenvalue weighted by Crippen LogP contribution is -2.27. The van der Waals surface area contributed by atoms with Crippen molar-refractivity contribution in [3.8, 4) is 11.4 Å². The summed E-state index contributed by atoms with van der Waals surface area (Å²) in [7, 11) is -2.40. The van der Waals surface area contributed by atoms with E-state index in [0.29, 0.717) is 11.4 Å². The molecule has 1 heterocycles. The summed E-state index contributed by atoms with van der Waals surface area (Å²) in [6.45, 7) is 3.42. The summed E-state index contributed by atoms with van der Waals surface area (Å²) in [4.78, 5) is 4.30. The topological polar surface area (TPSA) is 76.3 Å². The highest BCUT2D eigenvalue weighted by atomic mass is 32.2. The van der Waals surface area contributed by atoms with E-state index in [1.54, 1.807) is 6.92 Å². The van der Waals surface area contributed by atoms with Crippen molar-refractivity contribution in [2.24, 2.45) is 0 Å². The van der Waals surface area contributed by atoms with E-state index in [1.807, 2.05) is 31.2 Å². The molecule has 26 heavy (non-hydrogen) atoms. The Morgan fingerprint density at radius 2 is 1.92 bits per heavy atom. The van der Waals surface area contributed by atoms with Gasteiger partial charge in [-0.2, -0.15) is 9.29 Å². The van der Waals surface area contributed by atoms with Gasteiger partial charge in [0.15, 0.2) is 0 Å². The maximum absolute atomic E-state index is 13.2. The van der Waals surface area contributed by atoms with E-state index in [0.717, 1.165) is 21.5 Å². The first-order valence-corrected chi connectivity index (χ1v) is 9.33. The Kier molecular flexibility index (Phi) is 4.88. The third-order valence-corrected chi connectivity index (χ3v) is 5.89. The fourth-order valence-electron chi connectivity index (χ4n) is 2.57. The molecule has 136 valence electrons. The van der Waals surface area contributed by atoms with E-state index >= 15 is 0 Å². The van der Waals surface area contributed by atoms with Crippen LogP contribution >= 0.6 is 0 Å². The van der Waals surface area contributed by atoms with Crippen molar-refractivity contribution in [3.05, 3.63) is 65.3 Å². The van der Waals surface area contributed by atoms with Crippen molar-refractivity contribution < 1.29 is 17.3 Å². The minimum atomic E-state index is -3.81. The molecule has 0 aliphatic heterocycles. The summed E-state index contributed by atoms with van der Waals surface area (Å²) in [5, 5.41) is 3.91. The summed E-state index contributed by atoms with van der Waals surface area (Å²) in [5.41, 5.74) is 2.18. The Labute approximate surface area is 151 Å². The number of halogens is 1. The molecule has 0 bridgehead atoms. The van der Waals surface area contributed by atoms with Gasteiger partial charge < -0.3 is 4.52 Å². The molecule has 1 aromatic heterocycles. The van der Waals surface area contributed by atoms with Crippen LogP contribution < -0.4 is 0 Å². The molecule has 0 N–H and O–H groups in total. The third-order valence-electron chi connectivity index (χ3n) is 3.93. The maximum atomic E-state index is 13.2. The highest BCUT2D eigenvalue weighted by molar-refractivity contribution is 7.89. The fraction of sp³-hybridized carbons (Fsp3) is 0.222. The van der Waals surface area contributed by atoms with Gasteiger partial charge in [-0.05, 0) is 43.7 Å². The zero-order chi connectivity index (χ0) is 18.9. The van der Waals surface area contributed by atoms with Crippen molar-refractivity contribution in [1.82, 2.24) is 14.4 Å². The van der Waals surface area contributed by atoms with Crippen LogP contribution in [0.5, 0.6) is 0 Å². The summed E-state index contributed by atoms with van der Waals surface area (Å²) in [6.07, 6.45) is 0. The van der Waals surface area contributed by atoms with E-state index < -0.39 is 15.8 Å². The predicted octanol–water partition coefficient (Wildman–Crippen LogP) is 3.31. The second-order valence-corrected chi connectivity index (χ2v) is 8.07. The Morgan fingerprint density at radius 1 is 1.15 bits per heavy atom. The average Bonchev–Trinajstić information content (AvgIpc) is 3.03. The molecular formula is C18H18FN3O3S. The second kappa shape index (κ2) is 6.97. The van der Waals surface area contributed by atoms with Crippen molar-refractivity contribution in [2.75, 3.05) is 7.05 Å². The van der Waals surface area contributed by atoms with Crippen LogP contribution in [0.1, 0.15) is 17.0 Å². The molecule has 2 aromatic carbocycles. The molecule has 0 amide bonds. The number of hydrogen-bond acceptors (Lipinski definition) is 5. The number of benzene rings is 2. The van der Waals surface area contributed by atoms with Gasteiger partial charge in [-0.3, -0.25) is 0 Å². The quantitative estimate of drug-likeness (QED) is 0.684. The summed E-state index contributed by atoms with van der Waals surface area (Å²) in [5.74, 6) is 0.0867. The SMILES string of the molecule is Cc1cccc(-c2noc(CN(C)S(=O)(=O)c3ccc(F)cc3C)n2)c1. The smallest absolute Gasteiger partial charge is 0.243 e. The molecule has 0 saturated carbocycles. The summed E-state index contributed by atoms with van der Waals surface area (Å²) < 4.78 is 44.9. The lowest BCUT2D eigenvalue weighted by Gasteiger charge is -2.16. The molecule has 0 spiro atoms. The molecule has 0 radical (unpaired) electrons. The van der Waals surface area contributed by atoms with E-state index in [2.05, 4.69) is 10.1 Å². The molecule has 0 saturated heterocycles. The van der Waals surface area contributed by atoms with Crippen molar-refractivity contribution in [1.29, 1.82) is 0 Å². The number of nitrogens with zero attached hydrogens (tertiary/aromatic N) is 3. The van der Waals surface area contributed by atoms with Gasteiger partial charge in [-0.15, -0.1) is 0 Å². The van der Waals surface area contributed by atoms with Crippen molar-refractivity contribution in [3.63, 3.8) is 0 Å². The molecule has 8 heteroatoms. The molecule has 0 aliphatic rings.